The summed E-state index contributed by atoms with van der Waals surface area (Å²) in [6, 6.07) is 0. The maximum atomic E-state index is 11.6. The van der Waals surface area contributed by atoms with Crippen LogP contribution in [0.3, 0.4) is 0 Å². The maximum Gasteiger partial charge on any atom is 0.203 e. The number of carbonyl (C=O) groups is 2. The first-order chi connectivity index (χ1) is 6.96. The average molecular weight is 228 g/mol. The van der Waals surface area contributed by atoms with Gasteiger partial charge in [-0.25, -0.2) is 0 Å². The Morgan fingerprint density at radius 3 is 1.81 bits per heavy atom. The van der Waals surface area contributed by atoms with E-state index in [0.29, 0.717) is 6.42 Å². The predicted octanol–water partition coefficient (Wildman–Crippen LogP) is 2.36. The quantitative estimate of drug-likeness (QED) is 0.751. The zero-order valence-electron chi connectivity index (χ0n) is 11.3. The third kappa shape index (κ3) is 4.88. The molecule has 0 aromatic heterocycles. The number of aliphatic hydroxyl groups is 1. The molecule has 0 radical (unpaired) electrons. The van der Waals surface area contributed by atoms with Crippen molar-refractivity contribution in [2.45, 2.75) is 60.5 Å². The standard InChI is InChI=1S/C13H24O3/c1-12(2,3)10(15)8-7-9(14)11(16)13(4,5)6/h10,15H,7-8H2,1-6H3. The van der Waals surface area contributed by atoms with Crippen LogP contribution in [0, 0.1) is 10.8 Å². The monoisotopic (exact) mass is 228 g/mol. The van der Waals surface area contributed by atoms with E-state index in [4.69, 9.17) is 0 Å². The number of hydrogen-bond donors (Lipinski definition) is 1. The van der Waals surface area contributed by atoms with Crippen molar-refractivity contribution < 1.29 is 14.7 Å². The minimum atomic E-state index is -0.621. The van der Waals surface area contributed by atoms with Gasteiger partial charge in [-0.15, -0.1) is 0 Å². The third-order valence-electron chi connectivity index (χ3n) is 2.58. The van der Waals surface area contributed by atoms with E-state index in [2.05, 4.69) is 0 Å². The Labute approximate surface area is 98.2 Å². The smallest absolute Gasteiger partial charge is 0.203 e. The van der Waals surface area contributed by atoms with Crippen molar-refractivity contribution in [2.24, 2.45) is 10.8 Å². The number of ketones is 2. The second-order valence-corrected chi connectivity index (χ2v) is 6.42. The zero-order chi connectivity index (χ0) is 13.1. The minimum absolute atomic E-state index is 0.133. The fourth-order valence-corrected chi connectivity index (χ4v) is 1.23. The van der Waals surface area contributed by atoms with E-state index >= 15 is 0 Å². The normalized spacial score (nSPS) is 14.7. The van der Waals surface area contributed by atoms with Crippen molar-refractivity contribution in [3.63, 3.8) is 0 Å². The Morgan fingerprint density at radius 2 is 1.50 bits per heavy atom. The number of rotatable bonds is 4. The lowest BCUT2D eigenvalue weighted by Gasteiger charge is -2.25. The highest BCUT2D eigenvalue weighted by molar-refractivity contribution is 6.38. The van der Waals surface area contributed by atoms with Crippen LogP contribution in [0.25, 0.3) is 0 Å². The summed E-state index contributed by atoms with van der Waals surface area (Å²) in [5, 5.41) is 9.76. The average Bonchev–Trinajstić information content (AvgIpc) is 2.09. The molecule has 0 aliphatic carbocycles. The Morgan fingerprint density at radius 1 is 1.06 bits per heavy atom. The first-order valence-electron chi connectivity index (χ1n) is 5.72. The number of carbonyl (C=O) groups excluding carboxylic acids is 2. The molecule has 94 valence electrons. The largest absolute Gasteiger partial charge is 0.393 e. The SMILES string of the molecule is CC(C)(C)C(=O)C(=O)CCC(O)C(C)(C)C. The lowest BCUT2D eigenvalue weighted by Crippen LogP contribution is -2.31. The van der Waals surface area contributed by atoms with Crippen LogP contribution < -0.4 is 0 Å². The van der Waals surface area contributed by atoms with E-state index < -0.39 is 11.5 Å². The molecule has 0 saturated heterocycles. The molecule has 1 atom stereocenters. The van der Waals surface area contributed by atoms with Gasteiger partial charge in [0.1, 0.15) is 0 Å². The van der Waals surface area contributed by atoms with Gasteiger partial charge >= 0.3 is 0 Å². The molecule has 0 aromatic carbocycles. The number of aliphatic hydroxyl groups excluding tert-OH is 1. The fraction of sp³-hybridized carbons (Fsp3) is 0.846. The van der Waals surface area contributed by atoms with Crippen LogP contribution in [0.2, 0.25) is 0 Å². The zero-order valence-corrected chi connectivity index (χ0v) is 11.3. The van der Waals surface area contributed by atoms with Crippen LogP contribution in [0.15, 0.2) is 0 Å². The highest BCUT2D eigenvalue weighted by Gasteiger charge is 2.29. The van der Waals surface area contributed by atoms with Crippen molar-refractivity contribution in [3.05, 3.63) is 0 Å². The van der Waals surface area contributed by atoms with E-state index in [-0.39, 0.29) is 23.4 Å². The number of Topliss-reactive ketones (excluding diaryl/α,β-unsaturated/α-hetero) is 2. The molecule has 0 saturated carbocycles. The lowest BCUT2D eigenvalue weighted by molar-refractivity contribution is -0.141. The molecule has 0 aromatic rings. The molecule has 0 spiro atoms. The van der Waals surface area contributed by atoms with Crippen LogP contribution in [0.5, 0.6) is 0 Å². The van der Waals surface area contributed by atoms with E-state index in [0.717, 1.165) is 0 Å². The molecule has 0 fully saturated rings. The molecule has 0 aliphatic rings. The van der Waals surface area contributed by atoms with Crippen molar-refractivity contribution >= 4 is 11.6 Å². The Bertz CT molecular complexity index is 266. The molecule has 1 N–H and O–H groups in total. The molecular formula is C13H24O3. The van der Waals surface area contributed by atoms with Gasteiger partial charge in [-0.2, -0.15) is 0 Å². The minimum Gasteiger partial charge on any atom is -0.393 e. The highest BCUT2D eigenvalue weighted by atomic mass is 16.3. The summed E-state index contributed by atoms with van der Waals surface area (Å²) in [5.74, 6) is -0.732. The van der Waals surface area contributed by atoms with E-state index in [1.807, 2.05) is 20.8 Å². The van der Waals surface area contributed by atoms with Crippen molar-refractivity contribution in [3.8, 4) is 0 Å². The van der Waals surface area contributed by atoms with E-state index in [1.54, 1.807) is 20.8 Å². The van der Waals surface area contributed by atoms with Gasteiger partial charge < -0.3 is 5.11 Å². The second-order valence-electron chi connectivity index (χ2n) is 6.42. The van der Waals surface area contributed by atoms with Gasteiger partial charge in [0.25, 0.3) is 0 Å². The van der Waals surface area contributed by atoms with Gasteiger partial charge in [0.2, 0.25) is 5.78 Å². The molecule has 0 rings (SSSR count). The molecule has 16 heavy (non-hydrogen) atoms. The van der Waals surface area contributed by atoms with E-state index in [9.17, 15) is 14.7 Å². The first kappa shape index (κ1) is 15.3. The molecule has 1 unspecified atom stereocenters. The predicted molar refractivity (Wildman–Crippen MR) is 64.2 cm³/mol. The highest BCUT2D eigenvalue weighted by Crippen LogP contribution is 2.23. The lowest BCUT2D eigenvalue weighted by atomic mass is 9.83. The molecule has 0 bridgehead atoms. The number of hydrogen-bond acceptors (Lipinski definition) is 3. The van der Waals surface area contributed by atoms with E-state index in [1.165, 1.54) is 0 Å². The van der Waals surface area contributed by atoms with Crippen LogP contribution in [-0.4, -0.2) is 22.8 Å². The van der Waals surface area contributed by atoms with Crippen LogP contribution in [-0.2, 0) is 9.59 Å². The molecule has 3 nitrogen and oxygen atoms in total. The molecule has 0 heterocycles. The van der Waals surface area contributed by atoms with Gasteiger partial charge in [0, 0.05) is 11.8 Å². The van der Waals surface area contributed by atoms with Crippen molar-refractivity contribution in [1.82, 2.24) is 0 Å². The topological polar surface area (TPSA) is 54.4 Å². The van der Waals surface area contributed by atoms with Gasteiger partial charge in [-0.05, 0) is 11.8 Å². The first-order valence-corrected chi connectivity index (χ1v) is 5.72. The summed E-state index contributed by atoms with van der Waals surface area (Å²) >= 11 is 0. The van der Waals surface area contributed by atoms with Crippen molar-refractivity contribution in [1.29, 1.82) is 0 Å². The summed E-state index contributed by atoms with van der Waals surface area (Å²) in [7, 11) is 0. The second kappa shape index (κ2) is 5.09. The van der Waals surface area contributed by atoms with Gasteiger partial charge in [0.15, 0.2) is 5.78 Å². The molecule has 0 amide bonds. The summed E-state index contributed by atoms with van der Waals surface area (Å²) in [5.41, 5.74) is -0.866. The maximum absolute atomic E-state index is 11.6. The fourth-order valence-electron chi connectivity index (χ4n) is 1.23. The van der Waals surface area contributed by atoms with Crippen molar-refractivity contribution in [2.75, 3.05) is 0 Å². The summed E-state index contributed by atoms with van der Waals surface area (Å²) in [6.07, 6.45) is -0.0668. The summed E-state index contributed by atoms with van der Waals surface area (Å²) in [4.78, 5) is 23.2. The third-order valence-corrected chi connectivity index (χ3v) is 2.58. The molecule has 0 aliphatic heterocycles. The van der Waals surface area contributed by atoms with Crippen LogP contribution >= 0.6 is 0 Å². The van der Waals surface area contributed by atoms with Gasteiger partial charge in [0.05, 0.1) is 6.10 Å². The van der Waals surface area contributed by atoms with Crippen LogP contribution in [0.4, 0.5) is 0 Å². The van der Waals surface area contributed by atoms with Gasteiger partial charge in [-0.3, -0.25) is 9.59 Å². The van der Waals surface area contributed by atoms with Crippen LogP contribution in [0.1, 0.15) is 54.4 Å². The molecule has 3 heteroatoms. The Balaban J connectivity index is 4.25. The molecular weight excluding hydrogens is 204 g/mol. The summed E-state index contributed by atoms with van der Waals surface area (Å²) < 4.78 is 0. The van der Waals surface area contributed by atoms with Gasteiger partial charge in [-0.1, -0.05) is 41.5 Å². The Hall–Kier alpha value is -0.700. The Kier molecular flexibility index (Phi) is 4.86. The summed E-state index contributed by atoms with van der Waals surface area (Å²) in [6.45, 7) is 10.9.